The third-order valence-electron chi connectivity index (χ3n) is 1.44. The minimum atomic E-state index is -2.48. The van der Waals surface area contributed by atoms with Crippen molar-refractivity contribution >= 4 is 11.1 Å². The maximum Gasteiger partial charge on any atom is 0.102 e. The van der Waals surface area contributed by atoms with E-state index in [4.69, 9.17) is 10.5 Å². The summed E-state index contributed by atoms with van der Waals surface area (Å²) in [5.41, 5.74) is -0.0254. The number of benzene rings is 1. The summed E-state index contributed by atoms with van der Waals surface area (Å²) in [5, 5.41) is 17.2. The quantitative estimate of drug-likeness (QED) is 0.610. The van der Waals surface area contributed by atoms with Crippen LogP contribution in [0.25, 0.3) is 0 Å². The first-order valence-electron chi connectivity index (χ1n) is 3.23. The van der Waals surface area contributed by atoms with Gasteiger partial charge in [0.15, 0.2) is 0 Å². The van der Waals surface area contributed by atoms with Gasteiger partial charge in [0.05, 0.1) is 11.1 Å². The first kappa shape index (κ1) is 9.40. The summed E-state index contributed by atoms with van der Waals surface area (Å²) in [6.45, 7) is 0. The molecule has 1 unspecified atom stereocenters. The molecule has 0 bridgehead atoms. The molecule has 4 nitrogen and oxygen atoms in total. The highest BCUT2D eigenvalue weighted by atomic mass is 32.2. The number of nitrogens with zero attached hydrogens (tertiary/aromatic N) is 2. The fraction of sp³-hybridized carbons (Fsp3) is 0. The molecule has 5 heteroatoms. The largest absolute Gasteiger partial charge is 0.768 e. The van der Waals surface area contributed by atoms with Gasteiger partial charge in [0.1, 0.15) is 12.1 Å². The van der Waals surface area contributed by atoms with Crippen LogP contribution in [0.2, 0.25) is 0 Å². The van der Waals surface area contributed by atoms with E-state index in [1.807, 2.05) is 0 Å². The average molecular weight is 191 g/mol. The highest BCUT2D eigenvalue weighted by Gasteiger charge is 2.06. The molecule has 0 heterocycles. The molecule has 0 aliphatic carbocycles. The Balaban J connectivity index is 3.49. The van der Waals surface area contributed by atoms with Crippen LogP contribution in [0.4, 0.5) is 0 Å². The second-order valence-electron chi connectivity index (χ2n) is 2.14. The van der Waals surface area contributed by atoms with Crippen LogP contribution >= 0.6 is 0 Å². The molecule has 0 N–H and O–H groups in total. The van der Waals surface area contributed by atoms with Gasteiger partial charge in [-0.25, -0.2) is 0 Å². The van der Waals surface area contributed by atoms with Crippen molar-refractivity contribution in [3.8, 4) is 12.1 Å². The Kier molecular flexibility index (Phi) is 2.76. The van der Waals surface area contributed by atoms with Crippen LogP contribution in [0.1, 0.15) is 11.1 Å². The van der Waals surface area contributed by atoms with Crippen molar-refractivity contribution in [1.29, 1.82) is 10.5 Å². The molecule has 64 valence electrons. The monoisotopic (exact) mass is 191 g/mol. The van der Waals surface area contributed by atoms with E-state index in [0.29, 0.717) is 0 Å². The van der Waals surface area contributed by atoms with Gasteiger partial charge in [-0.15, -0.1) is 0 Å². The summed E-state index contributed by atoms with van der Waals surface area (Å²) in [4.78, 5) is -0.137. The highest BCUT2D eigenvalue weighted by molar-refractivity contribution is 7.79. The first-order valence-corrected chi connectivity index (χ1v) is 4.30. The number of rotatable bonds is 1. The number of hydrogen-bond donors (Lipinski definition) is 0. The second-order valence-corrected chi connectivity index (χ2v) is 3.05. The maximum atomic E-state index is 10.6. The topological polar surface area (TPSA) is 87.7 Å². The van der Waals surface area contributed by atoms with Crippen LogP contribution in [0.5, 0.6) is 0 Å². The average Bonchev–Trinajstić information content (AvgIpc) is 2.16. The number of hydrogen-bond acceptors (Lipinski definition) is 4. The lowest BCUT2D eigenvalue weighted by Gasteiger charge is -2.06. The van der Waals surface area contributed by atoms with E-state index in [2.05, 4.69) is 0 Å². The highest BCUT2D eigenvalue weighted by Crippen LogP contribution is 2.15. The second kappa shape index (κ2) is 3.81. The van der Waals surface area contributed by atoms with Gasteiger partial charge >= 0.3 is 0 Å². The lowest BCUT2D eigenvalue weighted by molar-refractivity contribution is 0.537. The molecular weight excluding hydrogens is 188 g/mol. The molecule has 0 saturated heterocycles. The van der Waals surface area contributed by atoms with Crippen molar-refractivity contribution < 1.29 is 8.76 Å². The number of nitriles is 2. The predicted octanol–water partition coefficient (Wildman–Crippen LogP) is 0.668. The van der Waals surface area contributed by atoms with Crippen LogP contribution in [0.15, 0.2) is 23.1 Å². The van der Waals surface area contributed by atoms with Gasteiger partial charge in [-0.3, -0.25) is 4.21 Å². The van der Waals surface area contributed by atoms with Crippen molar-refractivity contribution in [3.05, 3.63) is 29.3 Å². The standard InChI is InChI=1S/C8H4N2O2S/c9-4-6-2-1-3-8(13(11)12)7(6)5-10/h1-3H,(H,11,12)/p-1. The molecule has 0 spiro atoms. The molecule has 0 aliphatic rings. The fourth-order valence-corrected chi connectivity index (χ4v) is 1.39. The lowest BCUT2D eigenvalue weighted by atomic mass is 10.1. The van der Waals surface area contributed by atoms with Crippen LogP contribution in [-0.4, -0.2) is 8.76 Å². The molecule has 0 fully saturated rings. The third kappa shape index (κ3) is 1.73. The van der Waals surface area contributed by atoms with Crippen molar-refractivity contribution in [3.63, 3.8) is 0 Å². The summed E-state index contributed by atoms with van der Waals surface area (Å²) < 4.78 is 21.2. The van der Waals surface area contributed by atoms with Crippen LogP contribution in [-0.2, 0) is 11.1 Å². The Morgan fingerprint density at radius 3 is 2.46 bits per heavy atom. The third-order valence-corrected chi connectivity index (χ3v) is 2.14. The zero-order valence-corrected chi connectivity index (χ0v) is 7.17. The van der Waals surface area contributed by atoms with Crippen molar-refractivity contribution in [2.24, 2.45) is 0 Å². The molecule has 0 amide bonds. The minimum Gasteiger partial charge on any atom is -0.768 e. The van der Waals surface area contributed by atoms with Gasteiger partial charge < -0.3 is 4.55 Å². The maximum absolute atomic E-state index is 10.6. The Labute approximate surface area is 77.3 Å². The molecule has 1 aromatic rings. The van der Waals surface area contributed by atoms with Crippen molar-refractivity contribution in [2.45, 2.75) is 4.90 Å². The van der Waals surface area contributed by atoms with Crippen LogP contribution in [0, 0.1) is 22.7 Å². The summed E-state index contributed by atoms with van der Waals surface area (Å²) >= 11 is -2.48. The van der Waals surface area contributed by atoms with E-state index in [1.165, 1.54) is 18.2 Å². The summed E-state index contributed by atoms with van der Waals surface area (Å²) in [6, 6.07) is 7.53. The summed E-state index contributed by atoms with van der Waals surface area (Å²) in [7, 11) is 0. The van der Waals surface area contributed by atoms with Gasteiger partial charge in [-0.2, -0.15) is 10.5 Å². The molecule has 1 aromatic carbocycles. The van der Waals surface area contributed by atoms with Gasteiger partial charge in [-0.05, 0) is 23.2 Å². The molecule has 0 saturated carbocycles. The van der Waals surface area contributed by atoms with Gasteiger partial charge in [0, 0.05) is 4.90 Å². The van der Waals surface area contributed by atoms with Crippen LogP contribution in [0.3, 0.4) is 0 Å². The molecule has 0 aliphatic heterocycles. The Bertz CT molecular complexity index is 442. The van der Waals surface area contributed by atoms with E-state index in [9.17, 15) is 8.76 Å². The van der Waals surface area contributed by atoms with Gasteiger partial charge in [0.2, 0.25) is 0 Å². The van der Waals surface area contributed by atoms with Gasteiger partial charge in [0.25, 0.3) is 0 Å². The van der Waals surface area contributed by atoms with Gasteiger partial charge in [-0.1, -0.05) is 6.07 Å². The molecule has 13 heavy (non-hydrogen) atoms. The SMILES string of the molecule is N#Cc1cccc(S(=O)[O-])c1C#N. The fourth-order valence-electron chi connectivity index (χ4n) is 0.879. The Morgan fingerprint density at radius 1 is 1.31 bits per heavy atom. The van der Waals surface area contributed by atoms with E-state index in [0.717, 1.165) is 0 Å². The van der Waals surface area contributed by atoms with Crippen LogP contribution < -0.4 is 0 Å². The molecular formula is C8H3N2O2S-. The molecule has 1 rings (SSSR count). The zero-order chi connectivity index (χ0) is 9.84. The van der Waals surface area contributed by atoms with Crippen molar-refractivity contribution in [2.75, 3.05) is 0 Å². The normalized spacial score (nSPS) is 11.3. The minimum absolute atomic E-state index is 0.0733. The van der Waals surface area contributed by atoms with E-state index < -0.39 is 11.1 Å². The van der Waals surface area contributed by atoms with Crippen molar-refractivity contribution in [1.82, 2.24) is 0 Å². The Hall–Kier alpha value is -1.69. The van der Waals surface area contributed by atoms with E-state index >= 15 is 0 Å². The van der Waals surface area contributed by atoms with E-state index in [-0.39, 0.29) is 16.0 Å². The summed E-state index contributed by atoms with van der Waals surface area (Å²) in [5.74, 6) is 0. The molecule has 0 aromatic heterocycles. The zero-order valence-electron chi connectivity index (χ0n) is 6.35. The predicted molar refractivity (Wildman–Crippen MR) is 43.1 cm³/mol. The molecule has 1 atom stereocenters. The lowest BCUT2D eigenvalue weighted by Crippen LogP contribution is -1.95. The first-order chi connectivity index (χ1) is 6.20. The molecule has 0 radical (unpaired) electrons. The smallest absolute Gasteiger partial charge is 0.102 e. The summed E-state index contributed by atoms with van der Waals surface area (Å²) in [6.07, 6.45) is 0. The Morgan fingerprint density at radius 2 is 2.00 bits per heavy atom. The van der Waals surface area contributed by atoms with E-state index in [1.54, 1.807) is 12.1 Å².